The van der Waals surface area contributed by atoms with Crippen LogP contribution in [-0.2, 0) is 25.6 Å². The van der Waals surface area contributed by atoms with Gasteiger partial charge in [-0.1, -0.05) is 20.8 Å². The van der Waals surface area contributed by atoms with E-state index >= 15 is 8.78 Å². The summed E-state index contributed by atoms with van der Waals surface area (Å²) in [5.41, 5.74) is -1.34. The van der Waals surface area contributed by atoms with E-state index in [1.165, 1.54) is 0 Å². The number of methoxy groups -OCH3 is 2. The minimum absolute atomic E-state index is 0.151. The molecule has 0 spiro atoms. The number of benzene rings is 1. The second kappa shape index (κ2) is 16.2. The van der Waals surface area contributed by atoms with Gasteiger partial charge in [-0.25, -0.2) is 23.4 Å². The molecule has 0 radical (unpaired) electrons. The van der Waals surface area contributed by atoms with E-state index in [0.29, 0.717) is 19.5 Å². The van der Waals surface area contributed by atoms with Gasteiger partial charge in [-0.3, -0.25) is 19.7 Å². The molecule has 5 N–H and O–H groups in total. The lowest BCUT2D eigenvalue weighted by molar-refractivity contribution is -0.220. The summed E-state index contributed by atoms with van der Waals surface area (Å²) in [7, 11) is 1.97. The highest BCUT2D eigenvalue weighted by atomic mass is 19.4. The Balaban J connectivity index is 1.87. The molecule has 3 rings (SSSR count). The zero-order chi connectivity index (χ0) is 38.5. The van der Waals surface area contributed by atoms with Gasteiger partial charge in [0.25, 0.3) is 5.91 Å². The maximum absolute atomic E-state index is 15.5. The van der Waals surface area contributed by atoms with E-state index in [2.05, 4.69) is 30.6 Å². The van der Waals surface area contributed by atoms with E-state index in [1.807, 2.05) is 5.32 Å². The number of ether oxygens (including phenoxy) is 2. The Labute approximate surface area is 291 Å². The maximum atomic E-state index is 15.5. The first-order chi connectivity index (χ1) is 23.6. The van der Waals surface area contributed by atoms with Gasteiger partial charge in [-0.15, -0.1) is 0 Å². The number of rotatable bonds is 14. The normalized spacial score (nSPS) is 15.4. The molecular weight excluding hydrogens is 689 g/mol. The van der Waals surface area contributed by atoms with Crippen LogP contribution in [0.25, 0.3) is 11.3 Å². The third kappa shape index (κ3) is 10.7. The van der Waals surface area contributed by atoms with Crippen molar-refractivity contribution in [1.82, 2.24) is 36.2 Å². The van der Waals surface area contributed by atoms with Crippen LogP contribution in [0.1, 0.15) is 59.1 Å². The first kappa shape index (κ1) is 40.9. The summed E-state index contributed by atoms with van der Waals surface area (Å²) < 4.78 is 83.1. The van der Waals surface area contributed by atoms with Crippen molar-refractivity contribution in [3.63, 3.8) is 0 Å². The number of hydrazine groups is 1. The molecule has 3 atom stereocenters. The van der Waals surface area contributed by atoms with E-state index < -0.39 is 96.0 Å². The second-order valence-electron chi connectivity index (χ2n) is 13.8. The van der Waals surface area contributed by atoms with Crippen molar-refractivity contribution in [2.24, 2.45) is 10.8 Å². The number of hydrogen-bond acceptors (Lipinski definition) is 9. The fraction of sp³-hybridized carbons (Fsp3) is 0.594. The van der Waals surface area contributed by atoms with Crippen molar-refractivity contribution in [1.29, 1.82) is 0 Å². The number of alkyl halides is 3. The van der Waals surface area contributed by atoms with Crippen molar-refractivity contribution in [3.05, 3.63) is 41.6 Å². The summed E-state index contributed by atoms with van der Waals surface area (Å²) in [5, 5.41) is 22.5. The third-order valence-electron chi connectivity index (χ3n) is 8.26. The smallest absolute Gasteiger partial charge is 0.407 e. The zero-order valence-electron chi connectivity index (χ0n) is 29.3. The molecule has 0 aliphatic heterocycles. The summed E-state index contributed by atoms with van der Waals surface area (Å²) in [6.07, 6.45) is -5.29. The van der Waals surface area contributed by atoms with Crippen molar-refractivity contribution in [3.8, 4) is 11.3 Å². The van der Waals surface area contributed by atoms with Gasteiger partial charge in [0.15, 0.2) is 0 Å². The van der Waals surface area contributed by atoms with Gasteiger partial charge in [0, 0.05) is 37.0 Å². The molecule has 1 heterocycles. The molecule has 1 aromatic carbocycles. The Morgan fingerprint density at radius 1 is 0.961 bits per heavy atom. The molecule has 284 valence electrons. The van der Waals surface area contributed by atoms with Crippen LogP contribution in [-0.4, -0.2) is 95.6 Å². The zero-order valence-corrected chi connectivity index (χ0v) is 29.3. The SMILES string of the molecule is COC(=O)NC(C(=O)NC[C@@H](O)CN(Cc1c(F)cc(-c2ccn(C3CC3)n2)cc1F)NC(=O)[C@@H](NC(=O)OC)C(C)(C)C)C(C)(C)C(F)(F)F. The van der Waals surface area contributed by atoms with Gasteiger partial charge >= 0.3 is 18.4 Å². The van der Waals surface area contributed by atoms with Crippen LogP contribution in [0.5, 0.6) is 0 Å². The van der Waals surface area contributed by atoms with Gasteiger partial charge in [-0.05, 0) is 50.3 Å². The number of carbonyl (C=O) groups excluding carboxylic acids is 4. The summed E-state index contributed by atoms with van der Waals surface area (Å²) >= 11 is 0. The van der Waals surface area contributed by atoms with Crippen LogP contribution < -0.4 is 21.4 Å². The Hall–Kier alpha value is -4.52. The van der Waals surface area contributed by atoms with E-state index in [-0.39, 0.29) is 11.6 Å². The lowest BCUT2D eigenvalue weighted by Crippen LogP contribution is -2.60. The minimum Gasteiger partial charge on any atom is -0.453 e. The summed E-state index contributed by atoms with van der Waals surface area (Å²) in [6.45, 7) is 4.17. The number of halogens is 5. The maximum Gasteiger partial charge on any atom is 0.407 e. The number of alkyl carbamates (subject to hydrolysis) is 2. The molecule has 2 aromatic rings. The van der Waals surface area contributed by atoms with E-state index in [4.69, 9.17) is 0 Å². The molecule has 14 nitrogen and oxygen atoms in total. The van der Waals surface area contributed by atoms with E-state index in [9.17, 15) is 37.5 Å². The van der Waals surface area contributed by atoms with Crippen molar-refractivity contribution >= 4 is 24.0 Å². The van der Waals surface area contributed by atoms with Gasteiger partial charge in [0.05, 0.1) is 37.5 Å². The minimum atomic E-state index is -4.96. The molecule has 1 fully saturated rings. The van der Waals surface area contributed by atoms with Crippen molar-refractivity contribution in [2.75, 3.05) is 27.3 Å². The van der Waals surface area contributed by atoms with E-state index in [0.717, 1.165) is 44.2 Å². The third-order valence-corrected chi connectivity index (χ3v) is 8.26. The van der Waals surface area contributed by atoms with Gasteiger partial charge in [0.2, 0.25) is 5.91 Å². The lowest BCUT2D eigenvalue weighted by Gasteiger charge is -2.35. The van der Waals surface area contributed by atoms with Gasteiger partial charge in [0.1, 0.15) is 23.7 Å². The first-order valence-corrected chi connectivity index (χ1v) is 15.9. The molecule has 51 heavy (non-hydrogen) atoms. The molecule has 4 amide bonds. The summed E-state index contributed by atoms with van der Waals surface area (Å²) in [6, 6.07) is 0.508. The number of aliphatic hydroxyl groups is 1. The molecule has 1 aliphatic carbocycles. The number of hydrogen-bond donors (Lipinski definition) is 5. The molecule has 1 aliphatic rings. The largest absolute Gasteiger partial charge is 0.453 e. The van der Waals surface area contributed by atoms with Gasteiger partial charge in [-0.2, -0.15) is 18.3 Å². The predicted octanol–water partition coefficient (Wildman–Crippen LogP) is 3.56. The molecule has 0 bridgehead atoms. The van der Waals surface area contributed by atoms with E-state index in [1.54, 1.807) is 37.7 Å². The Morgan fingerprint density at radius 3 is 2.00 bits per heavy atom. The standard InChI is InChI=1S/C32H44F5N7O7/c1-30(2,3)24(39-28(48)50-6)27(47)42-43(15-19(45)14-38-26(46)25(40-29(49)51-7)31(4,5)32(35,36)37)16-20-21(33)12-17(13-22(20)34)23-10-11-44(41-23)18-8-9-18/h10-13,18-19,24-25,45H,8-9,14-16H2,1-7H3,(H,38,46)(H,39,48)(H,40,49)(H,42,47)/t19-,24-,25?/m1/s1. The fourth-order valence-corrected chi connectivity index (χ4v) is 4.90. The number of amides is 4. The lowest BCUT2D eigenvalue weighted by atomic mass is 9.83. The Morgan fingerprint density at radius 2 is 1.51 bits per heavy atom. The van der Waals surface area contributed by atoms with Crippen LogP contribution in [0, 0.1) is 22.5 Å². The van der Waals surface area contributed by atoms with Crippen LogP contribution in [0.15, 0.2) is 24.4 Å². The molecule has 1 unspecified atom stereocenters. The van der Waals surface area contributed by atoms with Crippen molar-refractivity contribution in [2.45, 2.75) is 84.4 Å². The number of nitrogens with one attached hydrogen (secondary N) is 4. The van der Waals surface area contributed by atoms with Crippen LogP contribution in [0.2, 0.25) is 0 Å². The highest BCUT2D eigenvalue weighted by molar-refractivity contribution is 5.87. The number of carbonyl (C=O) groups is 4. The molecule has 19 heteroatoms. The Bertz CT molecular complexity index is 1550. The summed E-state index contributed by atoms with van der Waals surface area (Å²) in [5.74, 6) is -4.23. The van der Waals surface area contributed by atoms with Crippen LogP contribution in [0.4, 0.5) is 31.5 Å². The fourth-order valence-electron chi connectivity index (χ4n) is 4.90. The molecule has 1 saturated carbocycles. The number of aromatic nitrogens is 2. The topological polar surface area (TPSA) is 176 Å². The average Bonchev–Trinajstić information content (AvgIpc) is 3.76. The second-order valence-corrected chi connectivity index (χ2v) is 13.8. The molecule has 1 aromatic heterocycles. The monoisotopic (exact) mass is 733 g/mol. The predicted molar refractivity (Wildman–Crippen MR) is 171 cm³/mol. The molecule has 0 saturated heterocycles. The number of nitrogens with zero attached hydrogens (tertiary/aromatic N) is 3. The van der Waals surface area contributed by atoms with Crippen LogP contribution in [0.3, 0.4) is 0 Å². The van der Waals surface area contributed by atoms with Gasteiger partial charge < -0.3 is 30.5 Å². The highest BCUT2D eigenvalue weighted by Gasteiger charge is 2.55. The Kier molecular flexibility index (Phi) is 13.0. The van der Waals surface area contributed by atoms with Crippen molar-refractivity contribution < 1.29 is 55.7 Å². The number of aliphatic hydroxyl groups excluding tert-OH is 1. The molecular formula is C32H44F5N7O7. The highest BCUT2D eigenvalue weighted by Crippen LogP contribution is 2.40. The first-order valence-electron chi connectivity index (χ1n) is 15.9. The average molecular weight is 734 g/mol. The quantitative estimate of drug-likeness (QED) is 0.144. The summed E-state index contributed by atoms with van der Waals surface area (Å²) in [4.78, 5) is 50.2. The van der Waals surface area contributed by atoms with Crippen LogP contribution >= 0.6 is 0 Å².